The Balaban J connectivity index is 1.86. The van der Waals surface area contributed by atoms with Gasteiger partial charge in [0, 0.05) is 31.7 Å². The van der Waals surface area contributed by atoms with Crippen LogP contribution in [0, 0.1) is 5.92 Å². The quantitative estimate of drug-likeness (QED) is 0.836. The number of rotatable bonds is 1. The number of piperidine rings is 1. The highest BCUT2D eigenvalue weighted by molar-refractivity contribution is 5.94. The van der Waals surface area contributed by atoms with Crippen molar-refractivity contribution in [2.75, 3.05) is 13.1 Å². The first kappa shape index (κ1) is 12.2. The molecule has 1 saturated heterocycles. The first-order valence-corrected chi connectivity index (χ1v) is 6.53. The van der Waals surface area contributed by atoms with E-state index in [1.54, 1.807) is 23.4 Å². The second-order valence-corrected chi connectivity index (χ2v) is 5.32. The number of aromatic nitrogens is 2. The predicted molar refractivity (Wildman–Crippen MR) is 70.9 cm³/mol. The molecule has 3 heterocycles. The SMILES string of the molecule is C[C@@H]1C[C@H](O)CN(C(=O)c2ccc3nccn3c2)C1. The van der Waals surface area contributed by atoms with Crippen LogP contribution in [0.2, 0.25) is 0 Å². The largest absolute Gasteiger partial charge is 0.391 e. The van der Waals surface area contributed by atoms with Gasteiger partial charge in [0.25, 0.3) is 5.91 Å². The molecule has 19 heavy (non-hydrogen) atoms. The molecule has 0 bridgehead atoms. The van der Waals surface area contributed by atoms with Gasteiger partial charge in [0.1, 0.15) is 5.65 Å². The molecule has 5 heteroatoms. The molecule has 2 aromatic heterocycles. The van der Waals surface area contributed by atoms with Crippen molar-refractivity contribution < 1.29 is 9.90 Å². The smallest absolute Gasteiger partial charge is 0.255 e. The Hall–Kier alpha value is -1.88. The van der Waals surface area contributed by atoms with Crippen LogP contribution >= 0.6 is 0 Å². The number of aliphatic hydroxyl groups is 1. The average molecular weight is 259 g/mol. The molecular weight excluding hydrogens is 242 g/mol. The van der Waals surface area contributed by atoms with Crippen molar-refractivity contribution in [1.82, 2.24) is 14.3 Å². The summed E-state index contributed by atoms with van der Waals surface area (Å²) < 4.78 is 1.83. The maximum atomic E-state index is 12.4. The normalized spacial score (nSPS) is 23.8. The van der Waals surface area contributed by atoms with E-state index in [4.69, 9.17) is 0 Å². The van der Waals surface area contributed by atoms with Crippen molar-refractivity contribution in [2.45, 2.75) is 19.4 Å². The maximum Gasteiger partial charge on any atom is 0.255 e. The minimum Gasteiger partial charge on any atom is -0.391 e. The summed E-state index contributed by atoms with van der Waals surface area (Å²) in [5, 5.41) is 9.78. The van der Waals surface area contributed by atoms with E-state index in [1.807, 2.05) is 16.7 Å². The highest BCUT2D eigenvalue weighted by atomic mass is 16.3. The summed E-state index contributed by atoms with van der Waals surface area (Å²) in [6.45, 7) is 3.19. The van der Waals surface area contributed by atoms with Gasteiger partial charge in [-0.15, -0.1) is 0 Å². The summed E-state index contributed by atoms with van der Waals surface area (Å²) in [6, 6.07) is 3.62. The van der Waals surface area contributed by atoms with E-state index in [2.05, 4.69) is 11.9 Å². The number of fused-ring (bicyclic) bond motifs is 1. The molecule has 0 unspecified atom stereocenters. The van der Waals surface area contributed by atoms with Gasteiger partial charge in [-0.05, 0) is 24.5 Å². The monoisotopic (exact) mass is 259 g/mol. The van der Waals surface area contributed by atoms with Gasteiger partial charge in [-0.3, -0.25) is 4.79 Å². The number of carbonyl (C=O) groups excluding carboxylic acids is 1. The van der Waals surface area contributed by atoms with Crippen molar-refractivity contribution in [2.24, 2.45) is 5.92 Å². The zero-order valence-corrected chi connectivity index (χ0v) is 10.9. The van der Waals surface area contributed by atoms with Crippen molar-refractivity contribution in [3.05, 3.63) is 36.3 Å². The van der Waals surface area contributed by atoms with Crippen LogP contribution in [0.3, 0.4) is 0 Å². The molecule has 2 atom stereocenters. The van der Waals surface area contributed by atoms with E-state index in [0.717, 1.165) is 12.1 Å². The van der Waals surface area contributed by atoms with Crippen molar-refractivity contribution in [3.63, 3.8) is 0 Å². The maximum absolute atomic E-state index is 12.4. The van der Waals surface area contributed by atoms with Gasteiger partial charge in [0.2, 0.25) is 0 Å². The number of β-amino-alcohol motifs (C(OH)–C–C–N with tert-alkyl or cyclic N) is 1. The van der Waals surface area contributed by atoms with E-state index < -0.39 is 6.10 Å². The fourth-order valence-electron chi connectivity index (χ4n) is 2.71. The Morgan fingerprint density at radius 1 is 1.42 bits per heavy atom. The fraction of sp³-hybridized carbons (Fsp3) is 0.429. The summed E-state index contributed by atoms with van der Waals surface area (Å²) in [4.78, 5) is 18.3. The number of hydrogen-bond donors (Lipinski definition) is 1. The molecule has 1 fully saturated rings. The van der Waals surface area contributed by atoms with Crippen LogP contribution in [-0.2, 0) is 0 Å². The van der Waals surface area contributed by atoms with Gasteiger partial charge >= 0.3 is 0 Å². The fourth-order valence-corrected chi connectivity index (χ4v) is 2.71. The molecule has 0 spiro atoms. The zero-order chi connectivity index (χ0) is 13.4. The summed E-state index contributed by atoms with van der Waals surface area (Å²) in [7, 11) is 0. The third-order valence-electron chi connectivity index (χ3n) is 3.56. The number of carbonyl (C=O) groups is 1. The summed E-state index contributed by atoms with van der Waals surface area (Å²) in [5.74, 6) is 0.311. The van der Waals surface area contributed by atoms with E-state index in [1.165, 1.54) is 0 Å². The molecule has 2 aromatic rings. The van der Waals surface area contributed by atoms with Crippen LogP contribution in [-0.4, -0.2) is 44.5 Å². The first-order valence-electron chi connectivity index (χ1n) is 6.53. The van der Waals surface area contributed by atoms with Gasteiger partial charge < -0.3 is 14.4 Å². The third kappa shape index (κ3) is 2.33. The summed E-state index contributed by atoms with van der Waals surface area (Å²) >= 11 is 0. The van der Waals surface area contributed by atoms with E-state index >= 15 is 0 Å². The Labute approximate surface area is 111 Å². The molecular formula is C14H17N3O2. The average Bonchev–Trinajstić information content (AvgIpc) is 2.83. The van der Waals surface area contributed by atoms with Crippen molar-refractivity contribution in [1.29, 1.82) is 0 Å². The summed E-state index contributed by atoms with van der Waals surface area (Å²) in [5.41, 5.74) is 1.45. The Morgan fingerprint density at radius 2 is 2.26 bits per heavy atom. The lowest BCUT2D eigenvalue weighted by molar-refractivity contribution is 0.0338. The Kier molecular flexibility index (Phi) is 2.98. The molecule has 1 aliphatic rings. The van der Waals surface area contributed by atoms with E-state index in [9.17, 15) is 9.90 Å². The van der Waals surface area contributed by atoms with E-state index in [-0.39, 0.29) is 5.91 Å². The Bertz CT molecular complexity index is 598. The molecule has 3 rings (SSSR count). The molecule has 1 N–H and O–H groups in total. The highest BCUT2D eigenvalue weighted by Crippen LogP contribution is 2.18. The second-order valence-electron chi connectivity index (χ2n) is 5.32. The number of amides is 1. The predicted octanol–water partition coefficient (Wildman–Crippen LogP) is 1.18. The number of imidazole rings is 1. The number of pyridine rings is 1. The lowest BCUT2D eigenvalue weighted by Gasteiger charge is -2.34. The van der Waals surface area contributed by atoms with Crippen molar-refractivity contribution >= 4 is 11.6 Å². The molecule has 0 saturated carbocycles. The highest BCUT2D eigenvalue weighted by Gasteiger charge is 2.27. The first-order chi connectivity index (χ1) is 9.13. The van der Waals surface area contributed by atoms with Crippen LogP contribution in [0.5, 0.6) is 0 Å². The Morgan fingerprint density at radius 3 is 3.05 bits per heavy atom. The van der Waals surface area contributed by atoms with Gasteiger partial charge in [-0.2, -0.15) is 0 Å². The van der Waals surface area contributed by atoms with Crippen LogP contribution in [0.4, 0.5) is 0 Å². The molecule has 0 radical (unpaired) electrons. The topological polar surface area (TPSA) is 57.8 Å². The molecule has 5 nitrogen and oxygen atoms in total. The second kappa shape index (κ2) is 4.66. The van der Waals surface area contributed by atoms with Crippen LogP contribution < -0.4 is 0 Å². The van der Waals surface area contributed by atoms with Gasteiger partial charge in [-0.1, -0.05) is 6.92 Å². The number of likely N-dealkylation sites (tertiary alicyclic amines) is 1. The third-order valence-corrected chi connectivity index (χ3v) is 3.56. The minimum absolute atomic E-state index is 0.0267. The number of hydrogen-bond acceptors (Lipinski definition) is 3. The van der Waals surface area contributed by atoms with Crippen molar-refractivity contribution in [3.8, 4) is 0 Å². The lowest BCUT2D eigenvalue weighted by atomic mass is 9.97. The molecule has 0 aliphatic carbocycles. The standard InChI is InChI=1S/C14H17N3O2/c1-10-6-12(18)9-17(7-10)14(19)11-2-3-13-15-4-5-16(13)8-11/h2-5,8,10,12,18H,6-7,9H2,1H3/t10-,12+/m1/s1. The van der Waals surface area contributed by atoms with Crippen LogP contribution in [0.1, 0.15) is 23.7 Å². The molecule has 100 valence electrons. The van der Waals surface area contributed by atoms with Gasteiger partial charge in [0.15, 0.2) is 0 Å². The van der Waals surface area contributed by atoms with Gasteiger partial charge in [0.05, 0.1) is 11.7 Å². The lowest BCUT2D eigenvalue weighted by Crippen LogP contribution is -2.45. The van der Waals surface area contributed by atoms with E-state index in [0.29, 0.717) is 24.6 Å². The molecule has 1 aliphatic heterocycles. The molecule has 1 amide bonds. The molecule has 0 aromatic carbocycles. The summed E-state index contributed by atoms with van der Waals surface area (Å²) in [6.07, 6.45) is 5.67. The zero-order valence-electron chi connectivity index (χ0n) is 10.9. The number of aliphatic hydroxyl groups excluding tert-OH is 1. The minimum atomic E-state index is -0.412. The van der Waals surface area contributed by atoms with Crippen LogP contribution in [0.15, 0.2) is 30.7 Å². The number of nitrogens with zero attached hydrogens (tertiary/aromatic N) is 3. The van der Waals surface area contributed by atoms with Gasteiger partial charge in [-0.25, -0.2) is 4.98 Å². The van der Waals surface area contributed by atoms with Crippen LogP contribution in [0.25, 0.3) is 5.65 Å².